The lowest BCUT2D eigenvalue weighted by atomic mass is 10.2. The summed E-state index contributed by atoms with van der Waals surface area (Å²) in [6.07, 6.45) is 5.90. The van der Waals surface area contributed by atoms with Crippen molar-refractivity contribution in [3.63, 3.8) is 0 Å². The van der Waals surface area contributed by atoms with E-state index in [1.54, 1.807) is 7.05 Å². The molecule has 0 atom stereocenters. The maximum Gasteiger partial charge on any atom is 0.410 e. The molecule has 0 N–H and O–H groups in total. The van der Waals surface area contributed by atoms with Crippen LogP contribution in [0.1, 0.15) is 59.8 Å². The van der Waals surface area contributed by atoms with Gasteiger partial charge in [-0.3, -0.25) is 0 Å². The van der Waals surface area contributed by atoms with E-state index in [4.69, 9.17) is 56.8 Å². The minimum absolute atomic E-state index is 0.363. The van der Waals surface area contributed by atoms with Gasteiger partial charge in [-0.2, -0.15) is 0 Å². The van der Waals surface area contributed by atoms with Crippen molar-refractivity contribution in [3.05, 3.63) is 0 Å². The molecule has 0 aromatic heterocycles. The summed E-state index contributed by atoms with van der Waals surface area (Å²) >= 11 is 0. The number of ether oxygens (including phenoxy) is 12. The summed E-state index contributed by atoms with van der Waals surface area (Å²) in [4.78, 5) is 13.4. The second-order valence-electron chi connectivity index (χ2n) is 12.1. The summed E-state index contributed by atoms with van der Waals surface area (Å²) in [6, 6.07) is 0. The van der Waals surface area contributed by atoms with Gasteiger partial charge in [0.2, 0.25) is 0 Å². The van der Waals surface area contributed by atoms with Gasteiger partial charge < -0.3 is 61.7 Å². The van der Waals surface area contributed by atoms with Crippen LogP contribution in [0.5, 0.6) is 0 Å². The second-order valence-corrected chi connectivity index (χ2v) is 12.1. The largest absolute Gasteiger partial charge is 0.444 e. The first kappa shape index (κ1) is 47.8. The van der Waals surface area contributed by atoms with Crippen LogP contribution in [-0.4, -0.2) is 176 Å². The van der Waals surface area contributed by atoms with E-state index in [2.05, 4.69) is 6.92 Å². The molecule has 294 valence electrons. The van der Waals surface area contributed by atoms with Crippen molar-refractivity contribution in [2.45, 2.75) is 65.4 Å². The lowest BCUT2D eigenvalue weighted by Crippen LogP contribution is -2.36. The molecule has 0 unspecified atom stereocenters. The van der Waals surface area contributed by atoms with E-state index in [1.807, 2.05) is 20.8 Å². The Bertz CT molecular complexity index is 670. The van der Waals surface area contributed by atoms with Gasteiger partial charge in [0.1, 0.15) is 5.60 Å². The van der Waals surface area contributed by atoms with Gasteiger partial charge in [0.05, 0.1) is 139 Å². The molecule has 0 aliphatic heterocycles. The van der Waals surface area contributed by atoms with Crippen LogP contribution in [0.2, 0.25) is 0 Å². The first-order valence-electron chi connectivity index (χ1n) is 18.2. The molecule has 0 fully saturated rings. The minimum Gasteiger partial charge on any atom is -0.444 e. The summed E-state index contributed by atoms with van der Waals surface area (Å²) in [5.74, 6) is 0. The van der Waals surface area contributed by atoms with Crippen molar-refractivity contribution in [2.75, 3.05) is 159 Å². The number of rotatable bonds is 39. The smallest absolute Gasteiger partial charge is 0.410 e. The molecule has 0 aromatic rings. The summed E-state index contributed by atoms with van der Waals surface area (Å²) in [7, 11) is 1.68. The number of hydrogen-bond donors (Lipinski definition) is 0. The third-order valence-corrected chi connectivity index (χ3v) is 6.39. The Hall–Kier alpha value is -1.17. The first-order chi connectivity index (χ1) is 23.9. The molecular formula is C35H71NO13. The number of carbonyl (C=O) groups excluding carboxylic acids is 1. The van der Waals surface area contributed by atoms with Crippen LogP contribution >= 0.6 is 0 Å². The molecule has 0 saturated carbocycles. The van der Waals surface area contributed by atoms with Gasteiger partial charge in [-0.05, 0) is 27.2 Å². The van der Waals surface area contributed by atoms with E-state index in [-0.39, 0.29) is 6.09 Å². The van der Waals surface area contributed by atoms with E-state index in [0.29, 0.717) is 145 Å². The highest BCUT2D eigenvalue weighted by atomic mass is 16.6. The van der Waals surface area contributed by atoms with Gasteiger partial charge in [0.25, 0.3) is 0 Å². The quantitative estimate of drug-likeness (QED) is 0.0852. The van der Waals surface area contributed by atoms with Crippen molar-refractivity contribution in [2.24, 2.45) is 0 Å². The maximum absolute atomic E-state index is 11.9. The van der Waals surface area contributed by atoms with Gasteiger partial charge in [-0.25, -0.2) is 4.79 Å². The number of nitrogens with zero attached hydrogens (tertiary/aromatic N) is 1. The van der Waals surface area contributed by atoms with Gasteiger partial charge in [0, 0.05) is 20.2 Å². The van der Waals surface area contributed by atoms with Crippen LogP contribution in [0.3, 0.4) is 0 Å². The Labute approximate surface area is 296 Å². The molecule has 0 bridgehead atoms. The summed E-state index contributed by atoms with van der Waals surface area (Å²) in [5.41, 5.74) is -0.509. The molecular weight excluding hydrogens is 642 g/mol. The van der Waals surface area contributed by atoms with Crippen molar-refractivity contribution in [3.8, 4) is 0 Å². The van der Waals surface area contributed by atoms with E-state index in [1.165, 1.54) is 30.6 Å². The van der Waals surface area contributed by atoms with Crippen LogP contribution in [0.25, 0.3) is 0 Å². The lowest BCUT2D eigenvalue weighted by Gasteiger charge is -2.24. The first-order valence-corrected chi connectivity index (χ1v) is 18.2. The standard InChI is InChI=1S/C35H71NO13/c1-6-7-8-9-10-12-38-14-16-40-18-20-42-22-24-44-26-28-46-30-32-48-33-31-47-29-27-45-25-23-43-21-19-41-17-15-39-13-11-36(5)34(37)49-35(2,3)4/h6-33H2,1-5H3. The van der Waals surface area contributed by atoms with Crippen molar-refractivity contribution >= 4 is 6.09 Å². The fourth-order valence-corrected chi connectivity index (χ4v) is 3.74. The normalized spacial score (nSPS) is 11.8. The molecule has 0 radical (unpaired) electrons. The topological polar surface area (TPSA) is 131 Å². The summed E-state index contributed by atoms with van der Waals surface area (Å²) in [5, 5.41) is 0. The molecule has 0 rings (SSSR count). The third-order valence-electron chi connectivity index (χ3n) is 6.39. The molecule has 0 spiro atoms. The van der Waals surface area contributed by atoms with Crippen LogP contribution in [-0.2, 0) is 56.8 Å². The van der Waals surface area contributed by atoms with E-state index >= 15 is 0 Å². The SMILES string of the molecule is CCCCCCCOCCOCCOCCOCCOCCOCCOCCOCCOCCOCCOCCN(C)C(=O)OC(C)(C)C. The number of carbonyl (C=O) groups is 1. The summed E-state index contributed by atoms with van der Waals surface area (Å²) in [6.45, 7) is 19.8. The fraction of sp³-hybridized carbons (Fsp3) is 0.971. The number of amides is 1. The van der Waals surface area contributed by atoms with Crippen LogP contribution < -0.4 is 0 Å². The minimum atomic E-state index is -0.509. The predicted octanol–water partition coefficient (Wildman–Crippen LogP) is 4.01. The van der Waals surface area contributed by atoms with E-state index in [0.717, 1.165) is 13.0 Å². The zero-order valence-corrected chi connectivity index (χ0v) is 31.6. The summed E-state index contributed by atoms with van der Waals surface area (Å²) < 4.78 is 65.7. The van der Waals surface area contributed by atoms with Gasteiger partial charge in [-0.1, -0.05) is 32.6 Å². The molecule has 14 nitrogen and oxygen atoms in total. The fourth-order valence-electron chi connectivity index (χ4n) is 3.74. The zero-order chi connectivity index (χ0) is 35.9. The molecule has 49 heavy (non-hydrogen) atoms. The van der Waals surface area contributed by atoms with Crippen LogP contribution in [0.15, 0.2) is 0 Å². The number of unbranched alkanes of at least 4 members (excludes halogenated alkanes) is 4. The zero-order valence-electron chi connectivity index (χ0n) is 31.6. The number of hydrogen-bond acceptors (Lipinski definition) is 13. The molecule has 0 aliphatic rings. The third kappa shape index (κ3) is 41.1. The highest BCUT2D eigenvalue weighted by molar-refractivity contribution is 5.67. The Balaban J connectivity index is 3.13. The van der Waals surface area contributed by atoms with Crippen molar-refractivity contribution < 1.29 is 61.6 Å². The lowest BCUT2D eigenvalue weighted by molar-refractivity contribution is -0.0277. The van der Waals surface area contributed by atoms with Crippen LogP contribution in [0, 0.1) is 0 Å². The van der Waals surface area contributed by atoms with Gasteiger partial charge >= 0.3 is 6.09 Å². The molecule has 0 saturated heterocycles. The molecule has 0 aliphatic carbocycles. The molecule has 14 heteroatoms. The van der Waals surface area contributed by atoms with Gasteiger partial charge in [-0.15, -0.1) is 0 Å². The Morgan fingerprint density at radius 1 is 0.408 bits per heavy atom. The Morgan fingerprint density at radius 2 is 0.673 bits per heavy atom. The molecule has 0 heterocycles. The average molecular weight is 714 g/mol. The van der Waals surface area contributed by atoms with Gasteiger partial charge in [0.15, 0.2) is 0 Å². The highest BCUT2D eigenvalue weighted by Crippen LogP contribution is 2.08. The Morgan fingerprint density at radius 3 is 0.959 bits per heavy atom. The van der Waals surface area contributed by atoms with Crippen molar-refractivity contribution in [1.82, 2.24) is 4.90 Å². The monoisotopic (exact) mass is 713 g/mol. The Kier molecular flexibility index (Phi) is 37.2. The second kappa shape index (κ2) is 38.1. The van der Waals surface area contributed by atoms with E-state index in [9.17, 15) is 4.79 Å². The average Bonchev–Trinajstić information content (AvgIpc) is 3.06. The number of likely N-dealkylation sites (N-methyl/N-ethyl adjacent to an activating group) is 1. The highest BCUT2D eigenvalue weighted by Gasteiger charge is 2.19. The van der Waals surface area contributed by atoms with E-state index < -0.39 is 5.60 Å². The molecule has 1 amide bonds. The van der Waals surface area contributed by atoms with Crippen LogP contribution in [0.4, 0.5) is 4.79 Å². The molecule has 0 aromatic carbocycles. The maximum atomic E-state index is 11.9. The predicted molar refractivity (Wildman–Crippen MR) is 187 cm³/mol. The van der Waals surface area contributed by atoms with Crippen molar-refractivity contribution in [1.29, 1.82) is 0 Å².